The van der Waals surface area contributed by atoms with Crippen LogP contribution in [0.3, 0.4) is 0 Å². The number of carbonyl (C=O) groups excluding carboxylic acids is 1. The van der Waals surface area contributed by atoms with Crippen molar-refractivity contribution >= 4 is 40.4 Å². The molecule has 0 N–H and O–H groups in total. The van der Waals surface area contributed by atoms with Crippen LogP contribution in [0, 0.1) is 5.92 Å². The van der Waals surface area contributed by atoms with Gasteiger partial charge in [-0.1, -0.05) is 18.5 Å². The van der Waals surface area contributed by atoms with E-state index < -0.39 is 11.6 Å². The van der Waals surface area contributed by atoms with Crippen LogP contribution in [0.5, 0.6) is 11.6 Å². The Hall–Kier alpha value is -1.83. The van der Waals surface area contributed by atoms with Crippen molar-refractivity contribution in [2.75, 3.05) is 13.7 Å². The van der Waals surface area contributed by atoms with E-state index in [2.05, 4.69) is 9.97 Å². The number of esters is 1. The summed E-state index contributed by atoms with van der Waals surface area (Å²) in [6, 6.07) is 4.71. The van der Waals surface area contributed by atoms with E-state index >= 15 is 0 Å². The quantitative estimate of drug-likeness (QED) is 0.507. The van der Waals surface area contributed by atoms with E-state index in [4.69, 9.17) is 37.6 Å². The fourth-order valence-electron chi connectivity index (χ4n) is 3.44. The molecule has 1 fully saturated rings. The summed E-state index contributed by atoms with van der Waals surface area (Å²) in [7, 11) is 1.58. The summed E-state index contributed by atoms with van der Waals surface area (Å²) in [5.41, 5.74) is 0.631. The molecule has 1 unspecified atom stereocenters. The average Bonchev–Trinajstić information content (AvgIpc) is 2.95. The second-order valence-corrected chi connectivity index (χ2v) is 8.76. The summed E-state index contributed by atoms with van der Waals surface area (Å²) in [6.45, 7) is 7.79. The van der Waals surface area contributed by atoms with Crippen LogP contribution < -0.4 is 9.47 Å². The Balaban J connectivity index is 1.85. The van der Waals surface area contributed by atoms with Gasteiger partial charge in [-0.15, -0.1) is 0 Å². The summed E-state index contributed by atoms with van der Waals surface area (Å²) >= 11 is 12.7. The standard InChI is InChI=1S/C20H25Cl2N3O4/c1-6-12-15(10-25(22)16(12)19(26)29-20(2,3)4)28-18-17(21)23-13-8-7-11(27-5)9-14(13)24-18/h7-9,12,15-16H,6,10H2,1-5H3/t12-,15?,16+/m1/s1. The van der Waals surface area contributed by atoms with Gasteiger partial charge in [0.1, 0.15) is 23.5 Å². The van der Waals surface area contributed by atoms with E-state index in [1.54, 1.807) is 25.3 Å². The lowest BCUT2D eigenvalue weighted by atomic mass is 9.95. The van der Waals surface area contributed by atoms with Gasteiger partial charge in [-0.05, 0) is 51.1 Å². The van der Waals surface area contributed by atoms with Gasteiger partial charge < -0.3 is 14.2 Å². The second-order valence-electron chi connectivity index (χ2n) is 7.96. The molecule has 9 heteroatoms. The molecule has 0 saturated carbocycles. The normalized spacial score (nSPS) is 22.7. The Morgan fingerprint density at radius 2 is 2.00 bits per heavy atom. The molecule has 1 aromatic heterocycles. The molecule has 0 amide bonds. The molecule has 0 bridgehead atoms. The van der Waals surface area contributed by atoms with Crippen molar-refractivity contribution in [3.8, 4) is 11.6 Å². The third kappa shape index (κ3) is 4.85. The Bertz CT molecular complexity index is 903. The van der Waals surface area contributed by atoms with E-state index in [-0.39, 0.29) is 29.0 Å². The minimum Gasteiger partial charge on any atom is -0.497 e. The van der Waals surface area contributed by atoms with Gasteiger partial charge in [0.05, 0.1) is 24.7 Å². The molecule has 2 heterocycles. The first-order chi connectivity index (χ1) is 13.6. The minimum atomic E-state index is -0.613. The minimum absolute atomic E-state index is 0.152. The number of hydrogen-bond donors (Lipinski definition) is 0. The number of aromatic nitrogens is 2. The largest absolute Gasteiger partial charge is 0.497 e. The zero-order valence-electron chi connectivity index (χ0n) is 17.1. The van der Waals surface area contributed by atoms with Gasteiger partial charge in [-0.2, -0.15) is 0 Å². The van der Waals surface area contributed by atoms with Gasteiger partial charge in [0.2, 0.25) is 0 Å². The number of nitrogens with zero attached hydrogens (tertiary/aromatic N) is 3. The molecule has 0 radical (unpaired) electrons. The van der Waals surface area contributed by atoms with Crippen LogP contribution in [-0.2, 0) is 9.53 Å². The molecule has 1 aliphatic rings. The van der Waals surface area contributed by atoms with Gasteiger partial charge in [-0.25, -0.2) is 14.4 Å². The van der Waals surface area contributed by atoms with Gasteiger partial charge in [0.25, 0.3) is 5.88 Å². The molecule has 2 aromatic rings. The van der Waals surface area contributed by atoms with Crippen molar-refractivity contribution in [2.45, 2.75) is 51.9 Å². The first-order valence-corrected chi connectivity index (χ1v) is 10.2. The Labute approximate surface area is 180 Å². The molecular formula is C20H25Cl2N3O4. The van der Waals surface area contributed by atoms with Gasteiger partial charge >= 0.3 is 5.97 Å². The predicted molar refractivity (Wildman–Crippen MR) is 111 cm³/mol. The molecule has 0 spiro atoms. The highest BCUT2D eigenvalue weighted by atomic mass is 35.5. The van der Waals surface area contributed by atoms with E-state index in [0.717, 1.165) is 0 Å². The van der Waals surface area contributed by atoms with Crippen LogP contribution in [0.25, 0.3) is 11.0 Å². The van der Waals surface area contributed by atoms with Crippen LogP contribution in [0.2, 0.25) is 5.15 Å². The zero-order valence-corrected chi connectivity index (χ0v) is 18.6. The third-order valence-electron chi connectivity index (χ3n) is 4.72. The maximum atomic E-state index is 12.7. The fraction of sp³-hybridized carbons (Fsp3) is 0.550. The molecule has 158 valence electrons. The average molecular weight is 442 g/mol. The van der Waals surface area contributed by atoms with Crippen molar-refractivity contribution < 1.29 is 19.0 Å². The van der Waals surface area contributed by atoms with E-state index in [1.807, 2.05) is 27.7 Å². The van der Waals surface area contributed by atoms with Crippen molar-refractivity contribution in [2.24, 2.45) is 5.92 Å². The number of ether oxygens (including phenoxy) is 3. The van der Waals surface area contributed by atoms with E-state index in [9.17, 15) is 4.79 Å². The highest BCUT2D eigenvalue weighted by Gasteiger charge is 2.47. The number of rotatable bonds is 5. The first-order valence-electron chi connectivity index (χ1n) is 9.46. The number of halogens is 2. The summed E-state index contributed by atoms with van der Waals surface area (Å²) in [5.74, 6) is 0.308. The molecule has 7 nitrogen and oxygen atoms in total. The first kappa shape index (κ1) is 21.9. The predicted octanol–water partition coefficient (Wildman–Crippen LogP) is 4.25. The lowest BCUT2D eigenvalue weighted by molar-refractivity contribution is -0.160. The lowest BCUT2D eigenvalue weighted by Gasteiger charge is -2.27. The lowest BCUT2D eigenvalue weighted by Crippen LogP contribution is -2.40. The number of carbonyl (C=O) groups is 1. The van der Waals surface area contributed by atoms with Crippen molar-refractivity contribution in [1.82, 2.24) is 14.4 Å². The smallest absolute Gasteiger partial charge is 0.325 e. The molecular weight excluding hydrogens is 417 g/mol. The van der Waals surface area contributed by atoms with Crippen LogP contribution in [0.4, 0.5) is 0 Å². The van der Waals surface area contributed by atoms with E-state index in [1.165, 1.54) is 4.42 Å². The molecule has 29 heavy (non-hydrogen) atoms. The molecule has 3 rings (SSSR count). The molecule has 1 aliphatic heterocycles. The molecule has 1 aromatic carbocycles. The van der Waals surface area contributed by atoms with Crippen molar-refractivity contribution in [3.63, 3.8) is 0 Å². The van der Waals surface area contributed by atoms with Crippen molar-refractivity contribution in [3.05, 3.63) is 23.4 Å². The third-order valence-corrected chi connectivity index (χ3v) is 5.32. The number of fused-ring (bicyclic) bond motifs is 1. The Morgan fingerprint density at radius 3 is 2.62 bits per heavy atom. The number of benzene rings is 1. The Kier molecular flexibility index (Phi) is 6.41. The van der Waals surface area contributed by atoms with Gasteiger partial charge in [0, 0.05) is 12.0 Å². The summed E-state index contributed by atoms with van der Waals surface area (Å²) < 4.78 is 18.3. The molecule has 3 atom stereocenters. The monoisotopic (exact) mass is 441 g/mol. The zero-order chi connectivity index (χ0) is 21.3. The van der Waals surface area contributed by atoms with Crippen LogP contribution in [-0.4, -0.2) is 51.8 Å². The molecule has 1 saturated heterocycles. The summed E-state index contributed by atoms with van der Waals surface area (Å²) in [6.07, 6.45) is 0.287. The van der Waals surface area contributed by atoms with Gasteiger partial charge in [0.15, 0.2) is 5.15 Å². The molecule has 0 aliphatic carbocycles. The van der Waals surface area contributed by atoms with Crippen molar-refractivity contribution in [1.29, 1.82) is 0 Å². The Morgan fingerprint density at radius 1 is 1.28 bits per heavy atom. The van der Waals surface area contributed by atoms with Gasteiger partial charge in [-0.3, -0.25) is 4.79 Å². The fourth-order valence-corrected chi connectivity index (χ4v) is 3.97. The van der Waals surface area contributed by atoms with Crippen LogP contribution >= 0.6 is 23.4 Å². The highest BCUT2D eigenvalue weighted by molar-refractivity contribution is 6.31. The van der Waals surface area contributed by atoms with Crippen LogP contribution in [0.1, 0.15) is 34.1 Å². The number of hydrogen-bond acceptors (Lipinski definition) is 7. The number of methoxy groups -OCH3 is 1. The maximum absolute atomic E-state index is 12.7. The highest BCUT2D eigenvalue weighted by Crippen LogP contribution is 2.35. The SMILES string of the molecule is CC[C@@H]1C(Oc2nc3cc(OC)ccc3nc2Cl)CN(Cl)[C@@H]1C(=O)OC(C)(C)C. The summed E-state index contributed by atoms with van der Waals surface area (Å²) in [4.78, 5) is 21.5. The van der Waals surface area contributed by atoms with Crippen LogP contribution in [0.15, 0.2) is 18.2 Å². The second kappa shape index (κ2) is 8.50. The van der Waals surface area contributed by atoms with E-state index in [0.29, 0.717) is 29.7 Å². The maximum Gasteiger partial charge on any atom is 0.325 e. The summed E-state index contributed by atoms with van der Waals surface area (Å²) in [5, 5.41) is 0.152. The topological polar surface area (TPSA) is 73.8 Å².